The molecule has 27 heavy (non-hydrogen) atoms. The van der Waals surface area contributed by atoms with Crippen LogP contribution in [0.1, 0.15) is 16.7 Å². The van der Waals surface area contributed by atoms with Crippen LogP contribution < -0.4 is 5.56 Å². The van der Waals surface area contributed by atoms with Crippen molar-refractivity contribution in [3.63, 3.8) is 0 Å². The van der Waals surface area contributed by atoms with E-state index in [0.717, 1.165) is 17.7 Å². The largest absolute Gasteiger partial charge is 0.493 e. The number of rotatable bonds is 3. The summed E-state index contributed by atoms with van der Waals surface area (Å²) < 4.78 is 38.9. The van der Waals surface area contributed by atoms with Gasteiger partial charge in [0.1, 0.15) is 11.6 Å². The quantitative estimate of drug-likeness (QED) is 0.492. The summed E-state index contributed by atoms with van der Waals surface area (Å²) in [7, 11) is 1.16. The molecule has 1 heterocycles. The topological polar surface area (TPSA) is 134 Å². The highest BCUT2D eigenvalue weighted by Gasteiger charge is 2.33. The van der Waals surface area contributed by atoms with E-state index in [1.807, 2.05) is 0 Å². The number of benzene rings is 1. The first-order chi connectivity index (χ1) is 12.5. The standard InChI is InChI=1S/C15H10F3N5O4/c1-7-9(6-19)13(24)22(2)14(25)12(7)21-20-10-4-3-8(15(16,17)18)5-11(10)23(26)27/h3-5,24H,1-2H3. The number of alkyl halides is 3. The maximum atomic E-state index is 12.7. The third-order valence-corrected chi connectivity index (χ3v) is 3.65. The van der Waals surface area contributed by atoms with E-state index in [4.69, 9.17) is 5.26 Å². The number of nitriles is 1. The summed E-state index contributed by atoms with van der Waals surface area (Å²) in [6.45, 7) is 1.30. The predicted octanol–water partition coefficient (Wildman–Crippen LogP) is 3.61. The minimum atomic E-state index is -4.79. The molecule has 0 bridgehead atoms. The molecule has 0 atom stereocenters. The van der Waals surface area contributed by atoms with Crippen LogP contribution in [0.3, 0.4) is 0 Å². The molecule has 2 aromatic rings. The average molecular weight is 381 g/mol. The number of pyridine rings is 1. The first-order valence-corrected chi connectivity index (χ1v) is 7.09. The molecule has 0 amide bonds. The number of aromatic nitrogens is 1. The third kappa shape index (κ3) is 3.61. The summed E-state index contributed by atoms with van der Waals surface area (Å²) in [5, 5.41) is 36.9. The lowest BCUT2D eigenvalue weighted by molar-refractivity contribution is -0.384. The van der Waals surface area contributed by atoms with Crippen LogP contribution in [0.25, 0.3) is 0 Å². The van der Waals surface area contributed by atoms with E-state index in [-0.39, 0.29) is 16.8 Å². The summed E-state index contributed by atoms with van der Waals surface area (Å²) in [6, 6.07) is 3.31. The number of nitro benzene ring substituents is 1. The second-order valence-electron chi connectivity index (χ2n) is 5.31. The zero-order valence-corrected chi connectivity index (χ0v) is 13.8. The lowest BCUT2D eigenvalue weighted by atomic mass is 10.1. The SMILES string of the molecule is Cc1c(C#N)c(O)n(C)c(=O)c1N=Nc1ccc(C(F)(F)F)cc1[N+](=O)[O-]. The first kappa shape index (κ1) is 19.6. The highest BCUT2D eigenvalue weighted by Crippen LogP contribution is 2.37. The normalized spacial score (nSPS) is 11.6. The Kier molecular flexibility index (Phi) is 4.98. The van der Waals surface area contributed by atoms with Gasteiger partial charge in [-0.2, -0.15) is 18.4 Å². The number of nitro groups is 1. The molecule has 12 heteroatoms. The molecule has 0 spiro atoms. The van der Waals surface area contributed by atoms with Gasteiger partial charge in [-0.3, -0.25) is 19.5 Å². The maximum absolute atomic E-state index is 12.7. The fourth-order valence-corrected chi connectivity index (χ4v) is 2.16. The number of aromatic hydroxyl groups is 1. The highest BCUT2D eigenvalue weighted by atomic mass is 19.4. The van der Waals surface area contributed by atoms with Crippen LogP contribution in [0.4, 0.5) is 30.2 Å². The van der Waals surface area contributed by atoms with Gasteiger partial charge in [0.2, 0.25) is 5.88 Å². The van der Waals surface area contributed by atoms with Crippen molar-refractivity contribution in [2.24, 2.45) is 17.3 Å². The summed E-state index contributed by atoms with van der Waals surface area (Å²) in [5.41, 5.74) is -4.23. The predicted molar refractivity (Wildman–Crippen MR) is 85.1 cm³/mol. The Morgan fingerprint density at radius 1 is 1.33 bits per heavy atom. The van der Waals surface area contributed by atoms with Crippen LogP contribution in [0, 0.1) is 28.4 Å². The number of azo groups is 1. The fraction of sp³-hybridized carbons (Fsp3) is 0.200. The minimum absolute atomic E-state index is 0.0311. The molecule has 1 aromatic carbocycles. The number of halogens is 3. The van der Waals surface area contributed by atoms with Crippen LogP contribution >= 0.6 is 0 Å². The van der Waals surface area contributed by atoms with Gasteiger partial charge in [0.05, 0.1) is 10.5 Å². The van der Waals surface area contributed by atoms with Gasteiger partial charge in [0.25, 0.3) is 11.2 Å². The molecule has 0 aliphatic heterocycles. The molecule has 1 N–H and O–H groups in total. The van der Waals surface area contributed by atoms with Gasteiger partial charge < -0.3 is 5.11 Å². The highest BCUT2D eigenvalue weighted by molar-refractivity contribution is 5.60. The fourth-order valence-electron chi connectivity index (χ4n) is 2.16. The van der Waals surface area contributed by atoms with Crippen molar-refractivity contribution < 1.29 is 23.2 Å². The summed E-state index contributed by atoms with van der Waals surface area (Å²) in [6.07, 6.45) is -4.79. The van der Waals surface area contributed by atoms with E-state index in [1.165, 1.54) is 6.92 Å². The zero-order valence-electron chi connectivity index (χ0n) is 13.8. The first-order valence-electron chi connectivity index (χ1n) is 7.09. The van der Waals surface area contributed by atoms with Crippen LogP contribution in [0.5, 0.6) is 5.88 Å². The van der Waals surface area contributed by atoms with Crippen LogP contribution in [0.2, 0.25) is 0 Å². The Morgan fingerprint density at radius 3 is 2.48 bits per heavy atom. The summed E-state index contributed by atoms with van der Waals surface area (Å²) >= 11 is 0. The molecule has 2 rings (SSSR count). The molecule has 0 unspecified atom stereocenters. The summed E-state index contributed by atoms with van der Waals surface area (Å²) in [5.74, 6) is -0.598. The molecule has 1 aromatic heterocycles. The Morgan fingerprint density at radius 2 is 1.96 bits per heavy atom. The molecule has 0 radical (unpaired) electrons. The number of hydrogen-bond donors (Lipinski definition) is 1. The molecule has 0 fully saturated rings. The number of hydrogen-bond acceptors (Lipinski definition) is 7. The van der Waals surface area contributed by atoms with E-state index in [0.29, 0.717) is 12.1 Å². The van der Waals surface area contributed by atoms with Gasteiger partial charge in [-0.25, -0.2) is 0 Å². The average Bonchev–Trinajstić information content (AvgIpc) is 2.59. The molecule has 0 saturated carbocycles. The second-order valence-corrected chi connectivity index (χ2v) is 5.31. The molecule has 0 aliphatic carbocycles. The van der Waals surface area contributed by atoms with E-state index in [9.17, 15) is 33.2 Å². The van der Waals surface area contributed by atoms with Gasteiger partial charge in [-0.1, -0.05) is 0 Å². The van der Waals surface area contributed by atoms with Crippen LogP contribution in [0.15, 0.2) is 33.2 Å². The molecular weight excluding hydrogens is 371 g/mol. The Balaban J connectivity index is 2.64. The van der Waals surface area contributed by atoms with E-state index < -0.39 is 39.5 Å². The Labute approximate surface area is 148 Å². The number of nitrogens with zero attached hydrogens (tertiary/aromatic N) is 5. The van der Waals surface area contributed by atoms with Crippen molar-refractivity contribution in [3.05, 3.63) is 55.4 Å². The summed E-state index contributed by atoms with van der Waals surface area (Å²) in [4.78, 5) is 22.1. The van der Waals surface area contributed by atoms with E-state index in [1.54, 1.807) is 6.07 Å². The van der Waals surface area contributed by atoms with Crippen molar-refractivity contribution in [2.45, 2.75) is 13.1 Å². The monoisotopic (exact) mass is 381 g/mol. The smallest absolute Gasteiger partial charge is 0.416 e. The van der Waals surface area contributed by atoms with Crippen molar-refractivity contribution in [1.29, 1.82) is 5.26 Å². The van der Waals surface area contributed by atoms with Gasteiger partial charge in [0.15, 0.2) is 11.4 Å². The second kappa shape index (κ2) is 6.87. The van der Waals surface area contributed by atoms with Crippen molar-refractivity contribution in [2.75, 3.05) is 0 Å². The van der Waals surface area contributed by atoms with Gasteiger partial charge in [-0.15, -0.1) is 10.2 Å². The third-order valence-electron chi connectivity index (χ3n) is 3.65. The van der Waals surface area contributed by atoms with E-state index in [2.05, 4.69) is 10.2 Å². The van der Waals surface area contributed by atoms with Gasteiger partial charge >= 0.3 is 6.18 Å². The van der Waals surface area contributed by atoms with Crippen molar-refractivity contribution in [3.8, 4) is 11.9 Å². The Hall–Kier alpha value is -3.75. The van der Waals surface area contributed by atoms with E-state index >= 15 is 0 Å². The van der Waals surface area contributed by atoms with Crippen LogP contribution in [-0.4, -0.2) is 14.6 Å². The zero-order chi connectivity index (χ0) is 20.5. The molecule has 0 aliphatic rings. The van der Waals surface area contributed by atoms with Crippen LogP contribution in [-0.2, 0) is 13.2 Å². The Bertz CT molecular complexity index is 1070. The lowest BCUT2D eigenvalue weighted by Gasteiger charge is -2.08. The molecule has 140 valence electrons. The molecular formula is C15H10F3N5O4. The molecule has 9 nitrogen and oxygen atoms in total. The lowest BCUT2D eigenvalue weighted by Crippen LogP contribution is -2.18. The maximum Gasteiger partial charge on any atom is 0.416 e. The van der Waals surface area contributed by atoms with Gasteiger partial charge in [-0.05, 0) is 19.1 Å². The molecule has 0 saturated heterocycles. The minimum Gasteiger partial charge on any atom is -0.493 e. The van der Waals surface area contributed by atoms with Crippen molar-refractivity contribution >= 4 is 17.1 Å². The van der Waals surface area contributed by atoms with Crippen molar-refractivity contribution in [1.82, 2.24) is 4.57 Å². The van der Waals surface area contributed by atoms with Gasteiger partial charge in [0, 0.05) is 18.7 Å².